The first-order valence-corrected chi connectivity index (χ1v) is 9.73. The Balaban J connectivity index is 2.29. The van der Waals surface area contributed by atoms with Gasteiger partial charge in [0.25, 0.3) is 15.9 Å². The molecule has 0 spiro atoms. The van der Waals surface area contributed by atoms with E-state index in [1.54, 1.807) is 24.3 Å². The van der Waals surface area contributed by atoms with Gasteiger partial charge in [0.15, 0.2) is 0 Å². The fourth-order valence-corrected chi connectivity index (χ4v) is 3.45. The average Bonchev–Trinajstić information content (AvgIpc) is 2.58. The lowest BCUT2D eigenvalue weighted by molar-refractivity contribution is 0.0939. The molecule has 0 saturated heterocycles. The van der Waals surface area contributed by atoms with E-state index in [9.17, 15) is 13.2 Å². The molecule has 0 heterocycles. The second kappa shape index (κ2) is 7.70. The van der Waals surface area contributed by atoms with Gasteiger partial charge >= 0.3 is 0 Å². The molecular weight excluding hydrogens is 336 g/mol. The van der Waals surface area contributed by atoms with Crippen LogP contribution in [0.2, 0.25) is 0 Å². The van der Waals surface area contributed by atoms with E-state index < -0.39 is 10.0 Å². The van der Waals surface area contributed by atoms with Crippen LogP contribution in [-0.2, 0) is 10.0 Å². The molecule has 25 heavy (non-hydrogen) atoms. The summed E-state index contributed by atoms with van der Waals surface area (Å²) in [5.74, 6) is -0.280. The third-order valence-electron chi connectivity index (χ3n) is 4.25. The van der Waals surface area contributed by atoms with Crippen molar-refractivity contribution in [2.24, 2.45) is 0 Å². The minimum absolute atomic E-state index is 0.0285. The van der Waals surface area contributed by atoms with Crippen LogP contribution in [0.3, 0.4) is 0 Å². The Bertz CT molecular complexity index is 876. The first-order chi connectivity index (χ1) is 11.7. The molecule has 0 aromatic heterocycles. The van der Waals surface area contributed by atoms with Crippen LogP contribution < -0.4 is 10.0 Å². The number of carbonyl (C=O) groups excluding carboxylic acids is 1. The quantitative estimate of drug-likeness (QED) is 0.826. The SMILES string of the molecule is CCC(C)NC(=O)c1cccc(S(=O)(=O)Nc2cccc(C)c2C)c1. The number of benzene rings is 2. The Morgan fingerprint density at radius 1 is 1.12 bits per heavy atom. The Kier molecular flexibility index (Phi) is 5.85. The maximum atomic E-state index is 12.7. The fraction of sp³-hybridized carbons (Fsp3) is 0.316. The zero-order chi connectivity index (χ0) is 18.6. The van der Waals surface area contributed by atoms with E-state index in [1.807, 2.05) is 33.8 Å². The zero-order valence-electron chi connectivity index (χ0n) is 15.0. The van der Waals surface area contributed by atoms with Gasteiger partial charge in [-0.05, 0) is 62.6 Å². The number of nitrogens with one attached hydrogen (secondary N) is 2. The van der Waals surface area contributed by atoms with Gasteiger partial charge in [-0.25, -0.2) is 8.42 Å². The van der Waals surface area contributed by atoms with Gasteiger partial charge in [-0.3, -0.25) is 9.52 Å². The van der Waals surface area contributed by atoms with Gasteiger partial charge < -0.3 is 5.32 Å². The lowest BCUT2D eigenvalue weighted by Gasteiger charge is -2.14. The van der Waals surface area contributed by atoms with Crippen molar-refractivity contribution in [3.63, 3.8) is 0 Å². The summed E-state index contributed by atoms with van der Waals surface area (Å²) in [5, 5.41) is 2.84. The van der Waals surface area contributed by atoms with Crippen LogP contribution in [0.25, 0.3) is 0 Å². The van der Waals surface area contributed by atoms with Crippen LogP contribution in [0.5, 0.6) is 0 Å². The lowest BCUT2D eigenvalue weighted by atomic mass is 10.1. The molecule has 1 unspecified atom stereocenters. The summed E-state index contributed by atoms with van der Waals surface area (Å²) >= 11 is 0. The minimum atomic E-state index is -3.77. The van der Waals surface area contributed by atoms with Crippen LogP contribution in [0, 0.1) is 13.8 Å². The van der Waals surface area contributed by atoms with Crippen molar-refractivity contribution in [1.82, 2.24) is 5.32 Å². The van der Waals surface area contributed by atoms with Crippen molar-refractivity contribution in [2.45, 2.75) is 45.1 Å². The predicted molar refractivity (Wildman–Crippen MR) is 100 cm³/mol. The molecule has 0 saturated carbocycles. The highest BCUT2D eigenvalue weighted by atomic mass is 32.2. The van der Waals surface area contributed by atoms with E-state index in [-0.39, 0.29) is 16.8 Å². The van der Waals surface area contributed by atoms with Crippen molar-refractivity contribution in [2.75, 3.05) is 4.72 Å². The molecule has 134 valence electrons. The Morgan fingerprint density at radius 3 is 2.48 bits per heavy atom. The Hall–Kier alpha value is -2.34. The third kappa shape index (κ3) is 4.60. The van der Waals surface area contributed by atoms with Crippen LogP contribution in [0.4, 0.5) is 5.69 Å². The molecule has 2 rings (SSSR count). The van der Waals surface area contributed by atoms with E-state index in [4.69, 9.17) is 0 Å². The molecule has 1 atom stereocenters. The minimum Gasteiger partial charge on any atom is -0.350 e. The maximum Gasteiger partial charge on any atom is 0.261 e. The molecule has 0 bridgehead atoms. The topological polar surface area (TPSA) is 75.3 Å². The van der Waals surface area contributed by atoms with Crippen molar-refractivity contribution in [3.8, 4) is 0 Å². The van der Waals surface area contributed by atoms with Crippen molar-refractivity contribution in [3.05, 3.63) is 59.2 Å². The number of anilines is 1. The maximum absolute atomic E-state index is 12.7. The number of hydrogen-bond donors (Lipinski definition) is 2. The first-order valence-electron chi connectivity index (χ1n) is 8.24. The average molecular weight is 360 g/mol. The van der Waals surface area contributed by atoms with Gasteiger partial charge in [0, 0.05) is 11.6 Å². The smallest absolute Gasteiger partial charge is 0.261 e. The van der Waals surface area contributed by atoms with Gasteiger partial charge in [-0.2, -0.15) is 0 Å². The van der Waals surface area contributed by atoms with E-state index in [0.29, 0.717) is 11.3 Å². The van der Waals surface area contributed by atoms with Gasteiger partial charge in [0.05, 0.1) is 10.6 Å². The summed E-state index contributed by atoms with van der Waals surface area (Å²) in [6.45, 7) is 7.66. The molecule has 2 aromatic carbocycles. The molecule has 0 radical (unpaired) electrons. The molecule has 2 N–H and O–H groups in total. The number of carbonyl (C=O) groups is 1. The predicted octanol–water partition coefficient (Wildman–Crippen LogP) is 3.63. The standard InChI is InChI=1S/C19H24N2O3S/c1-5-14(3)20-19(22)16-9-7-10-17(12-16)25(23,24)21-18-11-6-8-13(2)15(18)4/h6-12,14,21H,5H2,1-4H3,(H,20,22). The summed E-state index contributed by atoms with van der Waals surface area (Å²) in [6.07, 6.45) is 0.803. The largest absolute Gasteiger partial charge is 0.350 e. The number of amides is 1. The molecule has 2 aromatic rings. The van der Waals surface area contributed by atoms with Crippen molar-refractivity contribution < 1.29 is 13.2 Å². The van der Waals surface area contributed by atoms with Gasteiger partial charge in [-0.1, -0.05) is 25.1 Å². The van der Waals surface area contributed by atoms with Crippen LogP contribution in [0.1, 0.15) is 41.8 Å². The second-order valence-corrected chi connectivity index (χ2v) is 7.85. The van der Waals surface area contributed by atoms with E-state index in [1.165, 1.54) is 12.1 Å². The van der Waals surface area contributed by atoms with E-state index in [2.05, 4.69) is 10.0 Å². The summed E-state index contributed by atoms with van der Waals surface area (Å²) in [4.78, 5) is 12.3. The third-order valence-corrected chi connectivity index (χ3v) is 5.61. The number of aryl methyl sites for hydroxylation is 1. The Morgan fingerprint density at radius 2 is 1.80 bits per heavy atom. The van der Waals surface area contributed by atoms with Crippen LogP contribution in [-0.4, -0.2) is 20.4 Å². The number of sulfonamides is 1. The highest BCUT2D eigenvalue weighted by Crippen LogP contribution is 2.22. The normalized spacial score (nSPS) is 12.5. The fourth-order valence-electron chi connectivity index (χ4n) is 2.28. The summed E-state index contributed by atoms with van der Waals surface area (Å²) < 4.78 is 28.0. The molecule has 0 aliphatic rings. The van der Waals surface area contributed by atoms with E-state index in [0.717, 1.165) is 17.5 Å². The lowest BCUT2D eigenvalue weighted by Crippen LogP contribution is -2.32. The first kappa shape index (κ1) is 19.0. The summed E-state index contributed by atoms with van der Waals surface area (Å²) in [7, 11) is -3.77. The number of rotatable bonds is 6. The summed E-state index contributed by atoms with van der Waals surface area (Å²) in [5.41, 5.74) is 2.73. The molecule has 0 aliphatic carbocycles. The van der Waals surface area contributed by atoms with Crippen LogP contribution in [0.15, 0.2) is 47.4 Å². The van der Waals surface area contributed by atoms with Gasteiger partial charge in [0.1, 0.15) is 0 Å². The van der Waals surface area contributed by atoms with E-state index >= 15 is 0 Å². The highest BCUT2D eigenvalue weighted by molar-refractivity contribution is 7.92. The molecule has 0 aliphatic heterocycles. The molecule has 6 heteroatoms. The molecule has 5 nitrogen and oxygen atoms in total. The van der Waals surface area contributed by atoms with Crippen molar-refractivity contribution >= 4 is 21.6 Å². The number of hydrogen-bond acceptors (Lipinski definition) is 3. The zero-order valence-corrected chi connectivity index (χ0v) is 15.8. The van der Waals surface area contributed by atoms with Crippen molar-refractivity contribution in [1.29, 1.82) is 0 Å². The van der Waals surface area contributed by atoms with Gasteiger partial charge in [0.2, 0.25) is 0 Å². The van der Waals surface area contributed by atoms with Gasteiger partial charge in [-0.15, -0.1) is 0 Å². The molecular formula is C19H24N2O3S. The second-order valence-electron chi connectivity index (χ2n) is 6.16. The van der Waals surface area contributed by atoms with Crippen LogP contribution >= 0.6 is 0 Å². The highest BCUT2D eigenvalue weighted by Gasteiger charge is 2.18. The molecule has 1 amide bonds. The summed E-state index contributed by atoms with van der Waals surface area (Å²) in [6, 6.07) is 11.5. The monoisotopic (exact) mass is 360 g/mol. The Labute approximate surface area is 149 Å². The molecule has 0 fully saturated rings.